The molecule has 0 spiro atoms. The van der Waals surface area contributed by atoms with Crippen LogP contribution in [0.1, 0.15) is 20.8 Å². The van der Waals surface area contributed by atoms with Gasteiger partial charge in [-0.1, -0.05) is 19.0 Å². The van der Waals surface area contributed by atoms with Gasteiger partial charge in [0.25, 0.3) is 0 Å². The van der Waals surface area contributed by atoms with Crippen molar-refractivity contribution in [1.29, 1.82) is 0 Å². The summed E-state index contributed by atoms with van der Waals surface area (Å²) in [7, 11) is 3.16. The van der Waals surface area contributed by atoms with Gasteiger partial charge in [0.2, 0.25) is 5.91 Å². The van der Waals surface area contributed by atoms with Gasteiger partial charge in [0, 0.05) is 20.8 Å². The van der Waals surface area contributed by atoms with Gasteiger partial charge < -0.3 is 25.3 Å². The number of oxime groups is 1. The molecule has 2 atom stereocenters. The molecule has 0 heterocycles. The molecule has 0 fully saturated rings. The minimum Gasteiger partial charge on any atom is -0.409 e. The molecule has 20 heavy (non-hydrogen) atoms. The summed E-state index contributed by atoms with van der Waals surface area (Å²) in [6.45, 7) is 6.87. The van der Waals surface area contributed by atoms with E-state index in [9.17, 15) is 4.79 Å². The predicted octanol–water partition coefficient (Wildman–Crippen LogP) is 0.515. The summed E-state index contributed by atoms with van der Waals surface area (Å²) in [5.41, 5.74) is 5.65. The molecule has 2 unspecified atom stereocenters. The second kappa shape index (κ2) is 9.55. The molecule has 0 saturated heterocycles. The van der Waals surface area contributed by atoms with E-state index >= 15 is 0 Å². The van der Waals surface area contributed by atoms with Crippen LogP contribution in [0.4, 0.5) is 0 Å². The molecule has 0 aromatic carbocycles. The fourth-order valence-corrected chi connectivity index (χ4v) is 2.06. The maximum absolute atomic E-state index is 12.7. The van der Waals surface area contributed by atoms with Gasteiger partial charge >= 0.3 is 0 Å². The topological polar surface area (TPSA) is 97.4 Å². The number of nitrogens with zero attached hydrogens (tertiary/aromatic N) is 2. The third-order valence-corrected chi connectivity index (χ3v) is 3.13. The number of ether oxygens (including phenoxy) is 2. The summed E-state index contributed by atoms with van der Waals surface area (Å²) >= 11 is 0. The van der Waals surface area contributed by atoms with Crippen LogP contribution in [0.15, 0.2) is 5.16 Å². The van der Waals surface area contributed by atoms with Gasteiger partial charge in [0.15, 0.2) is 5.84 Å². The number of hydrogen-bond acceptors (Lipinski definition) is 5. The third kappa shape index (κ3) is 5.34. The second-order valence-electron chi connectivity index (χ2n) is 5.08. The number of rotatable bonds is 9. The molecule has 7 heteroatoms. The first-order valence-electron chi connectivity index (χ1n) is 6.66. The van der Waals surface area contributed by atoms with Crippen LogP contribution >= 0.6 is 0 Å². The lowest BCUT2D eigenvalue weighted by Crippen LogP contribution is -2.50. The zero-order valence-electron chi connectivity index (χ0n) is 13.0. The van der Waals surface area contributed by atoms with E-state index in [0.717, 1.165) is 0 Å². The summed E-state index contributed by atoms with van der Waals surface area (Å²) < 4.78 is 10.1. The van der Waals surface area contributed by atoms with Crippen LogP contribution in [0.25, 0.3) is 0 Å². The number of nitrogens with two attached hydrogens (primary N) is 1. The van der Waals surface area contributed by atoms with Crippen molar-refractivity contribution in [3.63, 3.8) is 0 Å². The van der Waals surface area contributed by atoms with E-state index in [0.29, 0.717) is 19.8 Å². The Morgan fingerprint density at radius 2 is 1.90 bits per heavy atom. The first kappa shape index (κ1) is 18.7. The molecule has 0 rings (SSSR count). The molecule has 0 aliphatic rings. The van der Waals surface area contributed by atoms with Gasteiger partial charge in [-0.3, -0.25) is 4.79 Å². The molecule has 0 bridgehead atoms. The summed E-state index contributed by atoms with van der Waals surface area (Å²) in [5, 5.41) is 11.8. The normalized spacial score (nSPS) is 15.2. The minimum atomic E-state index is -0.656. The Labute approximate surface area is 120 Å². The third-order valence-electron chi connectivity index (χ3n) is 3.13. The number of amides is 1. The Bertz CT molecular complexity index is 321. The zero-order chi connectivity index (χ0) is 15.7. The van der Waals surface area contributed by atoms with Crippen molar-refractivity contribution in [2.45, 2.75) is 26.8 Å². The van der Waals surface area contributed by atoms with Gasteiger partial charge in [-0.25, -0.2) is 0 Å². The molecular weight excluding hydrogens is 262 g/mol. The quantitative estimate of drug-likeness (QED) is 0.279. The van der Waals surface area contributed by atoms with Crippen molar-refractivity contribution >= 4 is 11.7 Å². The van der Waals surface area contributed by atoms with Crippen molar-refractivity contribution in [1.82, 2.24) is 4.90 Å². The Morgan fingerprint density at radius 1 is 1.30 bits per heavy atom. The van der Waals surface area contributed by atoms with Crippen LogP contribution < -0.4 is 5.73 Å². The lowest BCUT2D eigenvalue weighted by Gasteiger charge is -2.32. The first-order valence-corrected chi connectivity index (χ1v) is 6.66. The highest BCUT2D eigenvalue weighted by Crippen LogP contribution is 2.17. The van der Waals surface area contributed by atoms with Crippen molar-refractivity contribution in [2.75, 3.05) is 34.0 Å². The smallest absolute Gasteiger partial charge is 0.234 e. The Balaban J connectivity index is 5.15. The van der Waals surface area contributed by atoms with Crippen LogP contribution in [0, 0.1) is 11.8 Å². The first-order chi connectivity index (χ1) is 9.40. The number of carbonyl (C=O) groups is 1. The lowest BCUT2D eigenvalue weighted by atomic mass is 9.92. The fraction of sp³-hybridized carbons (Fsp3) is 0.846. The molecular formula is C13H27N3O4. The van der Waals surface area contributed by atoms with Crippen molar-refractivity contribution in [3.8, 4) is 0 Å². The van der Waals surface area contributed by atoms with Crippen molar-refractivity contribution < 1.29 is 19.5 Å². The number of carbonyl (C=O) groups excluding carboxylic acids is 1. The number of methoxy groups -OCH3 is 2. The maximum atomic E-state index is 12.7. The molecule has 0 radical (unpaired) electrons. The lowest BCUT2D eigenvalue weighted by molar-refractivity contribution is -0.138. The molecule has 0 aliphatic heterocycles. The summed E-state index contributed by atoms with van der Waals surface area (Å²) in [4.78, 5) is 14.3. The van der Waals surface area contributed by atoms with E-state index < -0.39 is 5.92 Å². The fourth-order valence-electron chi connectivity index (χ4n) is 2.06. The zero-order valence-corrected chi connectivity index (χ0v) is 13.0. The van der Waals surface area contributed by atoms with Crippen molar-refractivity contribution in [3.05, 3.63) is 0 Å². The molecule has 1 amide bonds. The average molecular weight is 289 g/mol. The molecule has 0 aromatic heterocycles. The van der Waals surface area contributed by atoms with Gasteiger partial charge in [-0.15, -0.1) is 0 Å². The summed E-state index contributed by atoms with van der Waals surface area (Å²) in [6, 6.07) is -0.115. The Hall–Kier alpha value is -1.34. The van der Waals surface area contributed by atoms with Crippen LogP contribution in [0.3, 0.4) is 0 Å². The Morgan fingerprint density at radius 3 is 2.30 bits per heavy atom. The van der Waals surface area contributed by atoms with Gasteiger partial charge in [-0.2, -0.15) is 0 Å². The standard InChI is InChI=1S/C13H27N3O4/c1-9(2)11(12(14)15-18)13(17)16(6-7-19-4)10(3)8-20-5/h9-11,18H,6-8H2,1-5H3,(H2,14,15). The highest BCUT2D eigenvalue weighted by atomic mass is 16.5. The van der Waals surface area contributed by atoms with Crippen LogP contribution in [0.2, 0.25) is 0 Å². The number of hydrogen-bond donors (Lipinski definition) is 2. The van der Waals surface area contributed by atoms with Gasteiger partial charge in [-0.05, 0) is 12.8 Å². The molecule has 3 N–H and O–H groups in total. The number of amidine groups is 1. The Kier molecular flexibility index (Phi) is 8.91. The van der Waals surface area contributed by atoms with Crippen LogP contribution in [0.5, 0.6) is 0 Å². The van der Waals surface area contributed by atoms with E-state index in [-0.39, 0.29) is 23.7 Å². The highest BCUT2D eigenvalue weighted by Gasteiger charge is 2.32. The van der Waals surface area contributed by atoms with E-state index in [2.05, 4.69) is 5.16 Å². The van der Waals surface area contributed by atoms with Gasteiger partial charge in [0.05, 0.1) is 19.3 Å². The van der Waals surface area contributed by atoms with E-state index in [1.807, 2.05) is 20.8 Å². The summed E-state index contributed by atoms with van der Waals surface area (Å²) in [6.07, 6.45) is 0. The largest absolute Gasteiger partial charge is 0.409 e. The molecule has 0 aromatic rings. The second-order valence-corrected chi connectivity index (χ2v) is 5.08. The minimum absolute atomic E-state index is 0.0711. The van der Waals surface area contributed by atoms with Crippen molar-refractivity contribution in [2.24, 2.45) is 22.7 Å². The van der Waals surface area contributed by atoms with Crippen LogP contribution in [-0.4, -0.2) is 61.9 Å². The summed E-state index contributed by atoms with van der Waals surface area (Å²) in [5.74, 6) is -0.983. The molecule has 0 aliphatic carbocycles. The predicted molar refractivity (Wildman–Crippen MR) is 76.7 cm³/mol. The van der Waals surface area contributed by atoms with E-state index in [4.69, 9.17) is 20.4 Å². The highest BCUT2D eigenvalue weighted by molar-refractivity contribution is 6.02. The van der Waals surface area contributed by atoms with E-state index in [1.165, 1.54) is 0 Å². The molecule has 0 saturated carbocycles. The average Bonchev–Trinajstić information content (AvgIpc) is 2.39. The van der Waals surface area contributed by atoms with Crippen LogP contribution in [-0.2, 0) is 14.3 Å². The SMILES string of the molecule is COCCN(C(=O)C(C(N)=NO)C(C)C)C(C)COC. The molecule has 7 nitrogen and oxygen atoms in total. The monoisotopic (exact) mass is 289 g/mol. The molecule has 118 valence electrons. The maximum Gasteiger partial charge on any atom is 0.234 e. The van der Waals surface area contributed by atoms with Gasteiger partial charge in [0.1, 0.15) is 5.92 Å². The van der Waals surface area contributed by atoms with E-state index in [1.54, 1.807) is 19.1 Å².